The van der Waals surface area contributed by atoms with Crippen LogP contribution in [-0.2, 0) is 6.61 Å². The van der Waals surface area contributed by atoms with Crippen molar-refractivity contribution in [2.75, 3.05) is 7.11 Å². The molecule has 0 radical (unpaired) electrons. The number of methoxy groups -OCH3 is 1. The zero-order valence-corrected chi connectivity index (χ0v) is 19.7. The topological polar surface area (TPSA) is 59.9 Å². The first-order valence-corrected chi connectivity index (χ1v) is 10.7. The molecular formula is C23H20Br2N2O3. The maximum atomic E-state index is 12.4. The molecular weight excluding hydrogens is 512 g/mol. The Labute approximate surface area is 192 Å². The van der Waals surface area contributed by atoms with Crippen molar-refractivity contribution < 1.29 is 14.3 Å². The van der Waals surface area contributed by atoms with E-state index in [0.717, 1.165) is 25.6 Å². The van der Waals surface area contributed by atoms with Crippen LogP contribution in [0, 0.1) is 6.92 Å². The summed E-state index contributed by atoms with van der Waals surface area (Å²) in [5.74, 6) is 0.863. The van der Waals surface area contributed by atoms with Crippen molar-refractivity contribution in [3.63, 3.8) is 0 Å². The van der Waals surface area contributed by atoms with E-state index in [2.05, 4.69) is 42.4 Å². The third-order valence-corrected chi connectivity index (χ3v) is 5.41. The molecule has 0 bridgehead atoms. The summed E-state index contributed by atoms with van der Waals surface area (Å²) < 4.78 is 12.8. The number of rotatable bonds is 7. The van der Waals surface area contributed by atoms with Gasteiger partial charge < -0.3 is 9.47 Å². The summed E-state index contributed by atoms with van der Waals surface area (Å²) in [7, 11) is 1.53. The summed E-state index contributed by atoms with van der Waals surface area (Å²) in [5.41, 5.74) is 5.83. The molecule has 3 aromatic rings. The van der Waals surface area contributed by atoms with Crippen LogP contribution in [0.15, 0.2) is 74.7 Å². The number of carbonyl (C=O) groups is 1. The Balaban J connectivity index is 1.67. The summed E-state index contributed by atoms with van der Waals surface area (Å²) in [6, 6.07) is 19.0. The normalized spacial score (nSPS) is 10.8. The Morgan fingerprint density at radius 3 is 2.43 bits per heavy atom. The van der Waals surface area contributed by atoms with Crippen molar-refractivity contribution >= 4 is 44.0 Å². The summed E-state index contributed by atoms with van der Waals surface area (Å²) in [6.45, 7) is 2.39. The SMILES string of the molecule is COc1cc(C)ccc1C(=O)N/N=C\c1cc(Br)c(OCc2ccccc2)c(Br)c1. The molecule has 7 heteroatoms. The number of carbonyl (C=O) groups excluding carboxylic acids is 1. The molecule has 0 aliphatic rings. The number of amides is 1. The first kappa shape index (κ1) is 22.1. The molecule has 1 amide bonds. The standard InChI is InChI=1S/C23H20Br2N2O3/c1-15-8-9-18(21(10-15)29-2)23(28)27-26-13-17-11-19(24)22(20(25)12-17)30-14-16-6-4-3-5-7-16/h3-13H,14H2,1-2H3,(H,27,28)/b26-13-. The third-order valence-electron chi connectivity index (χ3n) is 4.23. The van der Waals surface area contributed by atoms with Crippen LogP contribution in [0.25, 0.3) is 0 Å². The van der Waals surface area contributed by atoms with Crippen LogP contribution in [0.2, 0.25) is 0 Å². The molecule has 3 aromatic carbocycles. The molecule has 0 saturated heterocycles. The lowest BCUT2D eigenvalue weighted by Crippen LogP contribution is -2.18. The van der Waals surface area contributed by atoms with Gasteiger partial charge in [0.1, 0.15) is 18.1 Å². The Morgan fingerprint density at radius 2 is 1.77 bits per heavy atom. The van der Waals surface area contributed by atoms with Gasteiger partial charge in [-0.3, -0.25) is 4.79 Å². The molecule has 0 atom stereocenters. The van der Waals surface area contributed by atoms with Gasteiger partial charge in [-0.25, -0.2) is 5.43 Å². The minimum absolute atomic E-state index is 0.343. The third kappa shape index (κ3) is 5.70. The van der Waals surface area contributed by atoms with Crippen LogP contribution in [0.1, 0.15) is 27.0 Å². The highest BCUT2D eigenvalue weighted by molar-refractivity contribution is 9.11. The number of benzene rings is 3. The highest BCUT2D eigenvalue weighted by Crippen LogP contribution is 2.35. The lowest BCUT2D eigenvalue weighted by atomic mass is 10.1. The van der Waals surface area contributed by atoms with E-state index in [9.17, 15) is 4.79 Å². The van der Waals surface area contributed by atoms with Crippen molar-refractivity contribution in [1.82, 2.24) is 5.43 Å². The van der Waals surface area contributed by atoms with Crippen LogP contribution < -0.4 is 14.9 Å². The van der Waals surface area contributed by atoms with Gasteiger partial charge >= 0.3 is 0 Å². The number of ether oxygens (including phenoxy) is 2. The van der Waals surface area contributed by atoms with Gasteiger partial charge in [-0.2, -0.15) is 5.10 Å². The second-order valence-corrected chi connectivity index (χ2v) is 8.20. The van der Waals surface area contributed by atoms with E-state index < -0.39 is 0 Å². The Kier molecular flexibility index (Phi) is 7.65. The number of halogens is 2. The van der Waals surface area contributed by atoms with E-state index in [4.69, 9.17) is 9.47 Å². The molecule has 0 aliphatic heterocycles. The van der Waals surface area contributed by atoms with E-state index in [-0.39, 0.29) is 5.91 Å². The second-order valence-electron chi connectivity index (χ2n) is 6.49. The van der Waals surface area contributed by atoms with Crippen molar-refractivity contribution in [3.05, 3.63) is 91.9 Å². The number of aryl methyl sites for hydroxylation is 1. The Morgan fingerprint density at radius 1 is 1.07 bits per heavy atom. The molecule has 30 heavy (non-hydrogen) atoms. The molecule has 5 nitrogen and oxygen atoms in total. The fraction of sp³-hybridized carbons (Fsp3) is 0.130. The summed E-state index contributed by atoms with van der Waals surface area (Å²) in [6.07, 6.45) is 1.56. The van der Waals surface area contributed by atoms with E-state index in [0.29, 0.717) is 23.7 Å². The molecule has 0 unspecified atom stereocenters. The summed E-state index contributed by atoms with van der Waals surface area (Å²) in [5, 5.41) is 4.06. The van der Waals surface area contributed by atoms with Crippen molar-refractivity contribution in [2.45, 2.75) is 13.5 Å². The highest BCUT2D eigenvalue weighted by Gasteiger charge is 2.12. The van der Waals surface area contributed by atoms with Crippen molar-refractivity contribution in [1.29, 1.82) is 0 Å². The van der Waals surface area contributed by atoms with E-state index >= 15 is 0 Å². The maximum absolute atomic E-state index is 12.4. The number of nitrogens with one attached hydrogen (secondary N) is 1. The smallest absolute Gasteiger partial charge is 0.275 e. The Hall–Kier alpha value is -2.64. The van der Waals surface area contributed by atoms with Gasteiger partial charge in [0.25, 0.3) is 5.91 Å². The van der Waals surface area contributed by atoms with Gasteiger partial charge in [0.15, 0.2) is 0 Å². The Bertz CT molecular complexity index is 1050. The lowest BCUT2D eigenvalue weighted by Gasteiger charge is -2.11. The van der Waals surface area contributed by atoms with Gasteiger partial charge in [0.05, 0.1) is 27.8 Å². The maximum Gasteiger partial charge on any atom is 0.275 e. The quantitative estimate of drug-likeness (QED) is 0.306. The molecule has 0 aliphatic carbocycles. The second kappa shape index (κ2) is 10.4. The number of hydrazone groups is 1. The fourth-order valence-corrected chi connectivity index (χ4v) is 4.18. The summed E-state index contributed by atoms with van der Waals surface area (Å²) >= 11 is 7.07. The minimum Gasteiger partial charge on any atom is -0.496 e. The van der Waals surface area contributed by atoms with Gasteiger partial charge in [-0.15, -0.1) is 0 Å². The molecule has 154 valence electrons. The number of nitrogens with zero attached hydrogens (tertiary/aromatic N) is 1. The van der Waals surface area contributed by atoms with Crippen LogP contribution in [0.3, 0.4) is 0 Å². The van der Waals surface area contributed by atoms with Gasteiger partial charge in [-0.1, -0.05) is 36.4 Å². The zero-order chi connectivity index (χ0) is 21.5. The number of hydrogen-bond acceptors (Lipinski definition) is 4. The predicted molar refractivity (Wildman–Crippen MR) is 125 cm³/mol. The number of hydrogen-bond donors (Lipinski definition) is 1. The highest BCUT2D eigenvalue weighted by atomic mass is 79.9. The first-order chi connectivity index (χ1) is 14.5. The largest absolute Gasteiger partial charge is 0.496 e. The van der Waals surface area contributed by atoms with Gasteiger partial charge in [0, 0.05) is 0 Å². The van der Waals surface area contributed by atoms with Gasteiger partial charge in [0.2, 0.25) is 0 Å². The molecule has 0 heterocycles. The van der Waals surface area contributed by atoms with Gasteiger partial charge in [-0.05, 0) is 79.7 Å². The van der Waals surface area contributed by atoms with Crippen LogP contribution in [0.4, 0.5) is 0 Å². The molecule has 0 fully saturated rings. The predicted octanol–water partition coefficient (Wildman–Crippen LogP) is 5.87. The molecule has 3 rings (SSSR count). The van der Waals surface area contributed by atoms with Crippen LogP contribution >= 0.6 is 31.9 Å². The monoisotopic (exact) mass is 530 g/mol. The molecule has 1 N–H and O–H groups in total. The average molecular weight is 532 g/mol. The summed E-state index contributed by atoms with van der Waals surface area (Å²) in [4.78, 5) is 12.4. The van der Waals surface area contributed by atoms with E-state index in [1.807, 2.05) is 55.5 Å². The van der Waals surface area contributed by atoms with Crippen molar-refractivity contribution in [2.24, 2.45) is 5.10 Å². The van der Waals surface area contributed by atoms with Crippen LogP contribution in [-0.4, -0.2) is 19.2 Å². The minimum atomic E-state index is -0.343. The van der Waals surface area contributed by atoms with Crippen LogP contribution in [0.5, 0.6) is 11.5 Å². The van der Waals surface area contributed by atoms with E-state index in [1.165, 1.54) is 7.11 Å². The lowest BCUT2D eigenvalue weighted by molar-refractivity contribution is 0.0952. The van der Waals surface area contributed by atoms with E-state index in [1.54, 1.807) is 18.3 Å². The van der Waals surface area contributed by atoms with Crippen molar-refractivity contribution in [3.8, 4) is 11.5 Å². The first-order valence-electron chi connectivity index (χ1n) is 9.11. The molecule has 0 spiro atoms. The fourth-order valence-electron chi connectivity index (χ4n) is 2.73. The molecule has 0 saturated carbocycles. The molecule has 0 aromatic heterocycles. The average Bonchev–Trinajstić information content (AvgIpc) is 2.73. The zero-order valence-electron chi connectivity index (χ0n) is 16.5.